The number of carbonyl (C=O) groups excluding carboxylic acids is 1. The zero-order valence-electron chi connectivity index (χ0n) is 10.1. The fourth-order valence-corrected chi connectivity index (χ4v) is 2.09. The molecule has 1 amide bonds. The van der Waals surface area contributed by atoms with Crippen molar-refractivity contribution in [3.8, 4) is 0 Å². The summed E-state index contributed by atoms with van der Waals surface area (Å²) in [6.07, 6.45) is 3.71. The Balaban J connectivity index is 2.07. The van der Waals surface area contributed by atoms with Crippen molar-refractivity contribution >= 4 is 5.91 Å². The zero-order chi connectivity index (χ0) is 12.3. The van der Waals surface area contributed by atoms with Gasteiger partial charge in [0.25, 0.3) is 5.91 Å². The van der Waals surface area contributed by atoms with E-state index in [-0.39, 0.29) is 11.5 Å². The Morgan fingerprint density at radius 3 is 2.76 bits per heavy atom. The van der Waals surface area contributed by atoms with Crippen LogP contribution in [0.5, 0.6) is 0 Å². The first kappa shape index (κ1) is 11.9. The van der Waals surface area contributed by atoms with Gasteiger partial charge in [-0.3, -0.25) is 9.59 Å². The summed E-state index contributed by atoms with van der Waals surface area (Å²) in [4.78, 5) is 27.7. The molecule has 1 aromatic rings. The maximum Gasteiger partial charge on any atom is 0.270 e. The van der Waals surface area contributed by atoms with Crippen LogP contribution in [-0.4, -0.2) is 28.9 Å². The SMILES string of the molecule is CCN(CC1CCC1)C(=O)c1cccc(=O)[nH]1. The van der Waals surface area contributed by atoms with E-state index in [1.807, 2.05) is 11.8 Å². The number of H-pyrrole nitrogens is 1. The van der Waals surface area contributed by atoms with Crippen LogP contribution in [0.3, 0.4) is 0 Å². The number of carbonyl (C=O) groups is 1. The molecule has 4 heteroatoms. The molecule has 1 aliphatic carbocycles. The monoisotopic (exact) mass is 234 g/mol. The average Bonchev–Trinajstić information content (AvgIpc) is 2.27. The van der Waals surface area contributed by atoms with E-state index in [0.717, 1.165) is 6.54 Å². The molecule has 17 heavy (non-hydrogen) atoms. The van der Waals surface area contributed by atoms with Crippen LogP contribution in [0.2, 0.25) is 0 Å². The highest BCUT2D eigenvalue weighted by molar-refractivity contribution is 5.92. The first-order valence-electron chi connectivity index (χ1n) is 6.19. The number of aromatic nitrogens is 1. The molecule has 1 saturated carbocycles. The zero-order valence-corrected chi connectivity index (χ0v) is 10.1. The van der Waals surface area contributed by atoms with Crippen molar-refractivity contribution in [3.63, 3.8) is 0 Å². The normalized spacial score (nSPS) is 15.4. The molecule has 1 aliphatic rings. The Labute approximate surface area is 101 Å². The lowest BCUT2D eigenvalue weighted by atomic mass is 9.85. The molecule has 0 saturated heterocycles. The van der Waals surface area contributed by atoms with Gasteiger partial charge < -0.3 is 9.88 Å². The lowest BCUT2D eigenvalue weighted by Gasteiger charge is -2.31. The molecule has 92 valence electrons. The number of hydrogen-bond donors (Lipinski definition) is 1. The number of nitrogens with zero attached hydrogens (tertiary/aromatic N) is 1. The van der Waals surface area contributed by atoms with Crippen molar-refractivity contribution in [2.24, 2.45) is 5.92 Å². The van der Waals surface area contributed by atoms with Crippen LogP contribution in [0.15, 0.2) is 23.0 Å². The Morgan fingerprint density at radius 1 is 1.47 bits per heavy atom. The number of pyridine rings is 1. The fraction of sp³-hybridized carbons (Fsp3) is 0.538. The van der Waals surface area contributed by atoms with E-state index in [0.29, 0.717) is 18.2 Å². The summed E-state index contributed by atoms with van der Waals surface area (Å²) in [7, 11) is 0. The Hall–Kier alpha value is -1.58. The summed E-state index contributed by atoms with van der Waals surface area (Å²) >= 11 is 0. The fourth-order valence-electron chi connectivity index (χ4n) is 2.09. The molecule has 1 N–H and O–H groups in total. The minimum atomic E-state index is -0.226. The lowest BCUT2D eigenvalue weighted by Crippen LogP contribution is -2.38. The van der Waals surface area contributed by atoms with E-state index in [1.165, 1.54) is 25.3 Å². The van der Waals surface area contributed by atoms with Gasteiger partial charge in [-0.05, 0) is 31.7 Å². The third-order valence-corrected chi connectivity index (χ3v) is 3.37. The summed E-state index contributed by atoms with van der Waals surface area (Å²) in [6, 6.07) is 4.69. The van der Waals surface area contributed by atoms with Gasteiger partial charge in [0.15, 0.2) is 0 Å². The minimum Gasteiger partial charge on any atom is -0.337 e. The van der Waals surface area contributed by atoms with E-state index in [9.17, 15) is 9.59 Å². The van der Waals surface area contributed by atoms with Crippen LogP contribution in [-0.2, 0) is 0 Å². The Bertz CT molecular complexity index is 449. The average molecular weight is 234 g/mol. The van der Waals surface area contributed by atoms with Gasteiger partial charge in [0.1, 0.15) is 5.69 Å². The summed E-state index contributed by atoms with van der Waals surface area (Å²) in [5.74, 6) is 0.575. The molecule has 2 rings (SSSR count). The molecule has 0 atom stereocenters. The number of aromatic amines is 1. The second-order valence-corrected chi connectivity index (χ2v) is 4.57. The molecule has 1 fully saturated rings. The van der Waals surface area contributed by atoms with Gasteiger partial charge in [-0.25, -0.2) is 0 Å². The van der Waals surface area contributed by atoms with Gasteiger partial charge in [-0.1, -0.05) is 12.5 Å². The van der Waals surface area contributed by atoms with E-state index < -0.39 is 0 Å². The Kier molecular flexibility index (Phi) is 3.61. The van der Waals surface area contributed by atoms with E-state index in [2.05, 4.69) is 4.98 Å². The molecule has 0 radical (unpaired) electrons. The first-order chi connectivity index (χ1) is 8.20. The standard InChI is InChI=1S/C13H18N2O2/c1-2-15(9-10-5-3-6-10)13(17)11-7-4-8-12(16)14-11/h4,7-8,10H,2-3,5-6,9H2,1H3,(H,14,16). The molecule has 0 aromatic carbocycles. The van der Waals surface area contributed by atoms with Crippen LogP contribution in [0.4, 0.5) is 0 Å². The van der Waals surface area contributed by atoms with Crippen molar-refractivity contribution in [2.75, 3.05) is 13.1 Å². The molecular formula is C13H18N2O2. The summed E-state index contributed by atoms with van der Waals surface area (Å²) in [5.41, 5.74) is 0.161. The topological polar surface area (TPSA) is 53.2 Å². The van der Waals surface area contributed by atoms with Crippen LogP contribution in [0, 0.1) is 5.92 Å². The second kappa shape index (κ2) is 5.17. The second-order valence-electron chi connectivity index (χ2n) is 4.57. The smallest absolute Gasteiger partial charge is 0.270 e. The molecule has 0 aliphatic heterocycles. The number of rotatable bonds is 4. The van der Waals surface area contributed by atoms with Gasteiger partial charge in [0.2, 0.25) is 5.56 Å². The van der Waals surface area contributed by atoms with Gasteiger partial charge in [0, 0.05) is 19.2 Å². The van der Waals surface area contributed by atoms with Crippen LogP contribution in [0.1, 0.15) is 36.7 Å². The maximum absolute atomic E-state index is 12.2. The van der Waals surface area contributed by atoms with Crippen LogP contribution >= 0.6 is 0 Å². The number of hydrogen-bond acceptors (Lipinski definition) is 2. The predicted molar refractivity (Wildman–Crippen MR) is 66.0 cm³/mol. The van der Waals surface area contributed by atoms with E-state index in [4.69, 9.17) is 0 Å². The van der Waals surface area contributed by atoms with Gasteiger partial charge in [0.05, 0.1) is 0 Å². The van der Waals surface area contributed by atoms with E-state index >= 15 is 0 Å². The lowest BCUT2D eigenvalue weighted by molar-refractivity contribution is 0.0700. The molecule has 0 unspecified atom stereocenters. The number of amides is 1. The largest absolute Gasteiger partial charge is 0.337 e. The van der Waals surface area contributed by atoms with Gasteiger partial charge in [-0.15, -0.1) is 0 Å². The van der Waals surface area contributed by atoms with Gasteiger partial charge >= 0.3 is 0 Å². The summed E-state index contributed by atoms with van der Waals surface area (Å²) in [5, 5.41) is 0. The van der Waals surface area contributed by atoms with Gasteiger partial charge in [-0.2, -0.15) is 0 Å². The molecule has 1 heterocycles. The molecule has 0 spiro atoms. The third-order valence-electron chi connectivity index (χ3n) is 3.37. The van der Waals surface area contributed by atoms with Crippen LogP contribution < -0.4 is 5.56 Å². The summed E-state index contributed by atoms with van der Waals surface area (Å²) in [6.45, 7) is 3.47. The molecular weight excluding hydrogens is 216 g/mol. The Morgan fingerprint density at radius 2 is 2.24 bits per heavy atom. The van der Waals surface area contributed by atoms with Crippen molar-refractivity contribution in [1.82, 2.24) is 9.88 Å². The summed E-state index contributed by atoms with van der Waals surface area (Å²) < 4.78 is 0. The highest BCUT2D eigenvalue weighted by atomic mass is 16.2. The first-order valence-corrected chi connectivity index (χ1v) is 6.19. The quantitative estimate of drug-likeness (QED) is 0.861. The minimum absolute atomic E-state index is 0.0721. The third kappa shape index (κ3) is 2.75. The van der Waals surface area contributed by atoms with Crippen molar-refractivity contribution in [3.05, 3.63) is 34.2 Å². The predicted octanol–water partition coefficient (Wildman–Crippen LogP) is 1.64. The van der Waals surface area contributed by atoms with Crippen molar-refractivity contribution in [1.29, 1.82) is 0 Å². The van der Waals surface area contributed by atoms with Crippen LogP contribution in [0.25, 0.3) is 0 Å². The van der Waals surface area contributed by atoms with Crippen molar-refractivity contribution < 1.29 is 4.79 Å². The van der Waals surface area contributed by atoms with Crippen molar-refractivity contribution in [2.45, 2.75) is 26.2 Å². The highest BCUT2D eigenvalue weighted by Crippen LogP contribution is 2.27. The number of nitrogens with one attached hydrogen (secondary N) is 1. The molecule has 4 nitrogen and oxygen atoms in total. The maximum atomic E-state index is 12.2. The van der Waals surface area contributed by atoms with E-state index in [1.54, 1.807) is 12.1 Å². The molecule has 0 bridgehead atoms. The molecule has 1 aromatic heterocycles. The highest BCUT2D eigenvalue weighted by Gasteiger charge is 2.23.